The number of hydrogen-bond donors (Lipinski definition) is 4. The van der Waals surface area contributed by atoms with Gasteiger partial charge in [-0.1, -0.05) is 56.2 Å². The second-order valence-electron chi connectivity index (χ2n) is 6.93. The molecule has 0 bridgehead atoms. The van der Waals surface area contributed by atoms with E-state index in [0.29, 0.717) is 12.8 Å². The summed E-state index contributed by atoms with van der Waals surface area (Å²) < 4.78 is 19.8. The van der Waals surface area contributed by atoms with Crippen LogP contribution in [0, 0.1) is 0 Å². The number of carbonyl (C=O) groups excluding carboxylic acids is 1. The average molecular weight is 464 g/mol. The third kappa shape index (κ3) is 20.3. The molecule has 0 amide bonds. The Labute approximate surface area is 184 Å². The van der Waals surface area contributed by atoms with Crippen LogP contribution in [-0.2, 0) is 23.5 Å². The molecule has 0 aliphatic heterocycles. The van der Waals surface area contributed by atoms with Gasteiger partial charge in [-0.3, -0.25) is 14.6 Å². The van der Waals surface area contributed by atoms with Gasteiger partial charge >= 0.3 is 13.8 Å². The summed E-state index contributed by atoms with van der Waals surface area (Å²) in [5.41, 5.74) is 0. The lowest BCUT2D eigenvalue weighted by Gasteiger charge is -2.15. The fraction of sp³-hybridized carbons (Fsp3) is 0.667. The van der Waals surface area contributed by atoms with Crippen LogP contribution < -0.4 is 0 Å². The Kier molecular flexibility index (Phi) is 18.5. The second kappa shape index (κ2) is 19.4. The fourth-order valence-electron chi connectivity index (χ4n) is 2.51. The summed E-state index contributed by atoms with van der Waals surface area (Å²) in [7, 11) is -4.67. The molecule has 0 fully saturated rings. The Balaban J connectivity index is 3.85. The van der Waals surface area contributed by atoms with E-state index in [1.165, 1.54) is 0 Å². The topological polar surface area (TPSA) is 143 Å². The number of aliphatic hydroxyl groups excluding tert-OH is 1. The van der Waals surface area contributed by atoms with Gasteiger partial charge in [-0.25, -0.2) is 9.45 Å². The molecule has 10 heteroatoms. The van der Waals surface area contributed by atoms with Crippen LogP contribution in [0.3, 0.4) is 0 Å². The van der Waals surface area contributed by atoms with Crippen molar-refractivity contribution in [1.29, 1.82) is 0 Å². The van der Waals surface area contributed by atoms with E-state index in [0.717, 1.165) is 38.5 Å². The zero-order valence-electron chi connectivity index (χ0n) is 18.2. The minimum atomic E-state index is -4.67. The molecule has 9 nitrogen and oxygen atoms in total. The van der Waals surface area contributed by atoms with Crippen LogP contribution in [0.5, 0.6) is 0 Å². The Morgan fingerprint density at radius 3 is 2.39 bits per heavy atom. The van der Waals surface area contributed by atoms with E-state index in [2.05, 4.69) is 28.5 Å². The SMILES string of the molecule is CC/C=C\C/C=C\CC(/C=C/CCCCCCC(=O)OC(CO)COP(=O)(O)O)OO. The first-order valence-electron chi connectivity index (χ1n) is 10.6. The van der Waals surface area contributed by atoms with Gasteiger partial charge in [0.1, 0.15) is 12.2 Å². The molecule has 31 heavy (non-hydrogen) atoms. The minimum absolute atomic E-state index is 0.155. The molecule has 0 aromatic rings. The van der Waals surface area contributed by atoms with E-state index < -0.39 is 33.1 Å². The number of unbranched alkanes of at least 4 members (excludes halogenated alkanes) is 4. The van der Waals surface area contributed by atoms with Crippen LogP contribution in [0.2, 0.25) is 0 Å². The molecule has 0 aliphatic rings. The molecule has 0 aromatic heterocycles. The van der Waals surface area contributed by atoms with Crippen LogP contribution in [0.15, 0.2) is 36.5 Å². The van der Waals surface area contributed by atoms with Crippen molar-refractivity contribution in [3.05, 3.63) is 36.5 Å². The number of esters is 1. The quantitative estimate of drug-likeness (QED) is 0.0556. The van der Waals surface area contributed by atoms with Gasteiger partial charge in [-0.05, 0) is 38.5 Å². The first-order chi connectivity index (χ1) is 14.8. The summed E-state index contributed by atoms with van der Waals surface area (Å²) in [6.07, 6.45) is 17.3. The fourth-order valence-corrected chi connectivity index (χ4v) is 2.87. The highest BCUT2D eigenvalue weighted by Crippen LogP contribution is 2.35. The smallest absolute Gasteiger partial charge is 0.457 e. The zero-order chi connectivity index (χ0) is 23.4. The van der Waals surface area contributed by atoms with Crippen LogP contribution >= 0.6 is 7.82 Å². The lowest BCUT2D eigenvalue weighted by molar-refractivity contribution is -0.264. The highest BCUT2D eigenvalue weighted by atomic mass is 31.2. The molecule has 2 atom stereocenters. The second-order valence-corrected chi connectivity index (χ2v) is 8.17. The lowest BCUT2D eigenvalue weighted by Crippen LogP contribution is -2.26. The van der Waals surface area contributed by atoms with Crippen molar-refractivity contribution in [2.75, 3.05) is 13.2 Å². The summed E-state index contributed by atoms with van der Waals surface area (Å²) in [6, 6.07) is 0. The molecule has 0 heterocycles. The molecular weight excluding hydrogens is 427 g/mol. The van der Waals surface area contributed by atoms with Crippen LogP contribution in [0.4, 0.5) is 0 Å². The standard InChI is InChI=1S/C21H37O9P/c1-2-3-4-5-8-11-14-19(30-24)15-12-9-6-7-10-13-16-21(23)29-20(17-22)18-28-31(25,26)27/h3-4,8,11-12,15,19-20,22,24H,2,5-7,9-10,13-14,16-18H2,1H3,(H2,25,26,27)/b4-3-,11-8-,15-12+. The first kappa shape index (κ1) is 29.7. The molecule has 0 aliphatic carbocycles. The zero-order valence-corrected chi connectivity index (χ0v) is 19.1. The molecule has 0 radical (unpaired) electrons. The molecule has 0 saturated carbocycles. The summed E-state index contributed by atoms with van der Waals surface area (Å²) in [4.78, 5) is 33.4. The predicted molar refractivity (Wildman–Crippen MR) is 117 cm³/mol. The van der Waals surface area contributed by atoms with E-state index in [1.807, 2.05) is 24.3 Å². The maximum absolute atomic E-state index is 11.7. The van der Waals surface area contributed by atoms with Crippen molar-refractivity contribution in [2.45, 2.75) is 76.9 Å². The third-order valence-corrected chi connectivity index (χ3v) is 4.61. The number of phosphoric acid groups is 1. The molecule has 0 saturated heterocycles. The number of carbonyl (C=O) groups is 1. The summed E-state index contributed by atoms with van der Waals surface area (Å²) in [6.45, 7) is 0.936. The maximum Gasteiger partial charge on any atom is 0.469 e. The van der Waals surface area contributed by atoms with Crippen molar-refractivity contribution in [1.82, 2.24) is 0 Å². The predicted octanol–water partition coefficient (Wildman–Crippen LogP) is 4.06. The van der Waals surface area contributed by atoms with Gasteiger partial charge in [0, 0.05) is 6.42 Å². The van der Waals surface area contributed by atoms with E-state index >= 15 is 0 Å². The van der Waals surface area contributed by atoms with E-state index in [4.69, 9.17) is 24.9 Å². The largest absolute Gasteiger partial charge is 0.469 e. The molecule has 0 rings (SSSR count). The summed E-state index contributed by atoms with van der Waals surface area (Å²) in [5.74, 6) is -0.547. The minimum Gasteiger partial charge on any atom is -0.457 e. The van der Waals surface area contributed by atoms with E-state index in [1.54, 1.807) is 0 Å². The van der Waals surface area contributed by atoms with Crippen molar-refractivity contribution < 1.29 is 43.7 Å². The van der Waals surface area contributed by atoms with Gasteiger partial charge in [-0.2, -0.15) is 0 Å². The highest BCUT2D eigenvalue weighted by molar-refractivity contribution is 7.46. The Morgan fingerprint density at radius 2 is 1.74 bits per heavy atom. The number of phosphoric ester groups is 1. The normalized spacial score (nSPS) is 14.6. The number of rotatable bonds is 19. The molecular formula is C21H37O9P. The van der Waals surface area contributed by atoms with Crippen LogP contribution in [-0.4, -0.2) is 51.5 Å². The van der Waals surface area contributed by atoms with Crippen LogP contribution in [0.25, 0.3) is 0 Å². The average Bonchev–Trinajstić information content (AvgIpc) is 2.73. The van der Waals surface area contributed by atoms with E-state index in [9.17, 15) is 9.36 Å². The lowest BCUT2D eigenvalue weighted by atomic mass is 10.1. The number of ether oxygens (including phenoxy) is 1. The number of allylic oxidation sites excluding steroid dienone is 4. The van der Waals surface area contributed by atoms with Gasteiger partial charge in [0.25, 0.3) is 0 Å². The van der Waals surface area contributed by atoms with Gasteiger partial charge in [0.15, 0.2) is 0 Å². The molecule has 180 valence electrons. The highest BCUT2D eigenvalue weighted by Gasteiger charge is 2.20. The van der Waals surface area contributed by atoms with Crippen molar-refractivity contribution in [3.8, 4) is 0 Å². The summed E-state index contributed by atoms with van der Waals surface area (Å²) >= 11 is 0. The maximum atomic E-state index is 11.7. The number of aliphatic hydroxyl groups is 1. The molecule has 0 spiro atoms. The molecule has 2 unspecified atom stereocenters. The monoisotopic (exact) mass is 464 g/mol. The summed E-state index contributed by atoms with van der Waals surface area (Å²) in [5, 5.41) is 18.0. The van der Waals surface area contributed by atoms with Crippen molar-refractivity contribution in [2.24, 2.45) is 0 Å². The Hall–Kier alpha value is -1.32. The van der Waals surface area contributed by atoms with Gasteiger partial charge in [0.05, 0.1) is 13.2 Å². The molecule has 4 N–H and O–H groups in total. The van der Waals surface area contributed by atoms with Crippen molar-refractivity contribution >= 4 is 13.8 Å². The van der Waals surface area contributed by atoms with Crippen molar-refractivity contribution in [3.63, 3.8) is 0 Å². The first-order valence-corrected chi connectivity index (χ1v) is 12.1. The van der Waals surface area contributed by atoms with Gasteiger partial charge in [0.2, 0.25) is 0 Å². The third-order valence-electron chi connectivity index (χ3n) is 4.13. The Morgan fingerprint density at radius 1 is 1.03 bits per heavy atom. The van der Waals surface area contributed by atoms with Gasteiger partial charge in [-0.15, -0.1) is 0 Å². The van der Waals surface area contributed by atoms with Gasteiger partial charge < -0.3 is 19.6 Å². The number of hydrogen-bond acceptors (Lipinski definition) is 7. The van der Waals surface area contributed by atoms with E-state index in [-0.39, 0.29) is 12.5 Å². The molecule has 0 aromatic carbocycles. The Bertz CT molecular complexity index is 583. The van der Waals surface area contributed by atoms with Crippen LogP contribution in [0.1, 0.15) is 64.7 Å².